The molecule has 2 atom stereocenters. The average Bonchev–Trinajstić information content (AvgIpc) is 2.74. The van der Waals surface area contributed by atoms with Gasteiger partial charge in [0.2, 0.25) is 5.91 Å². The molecule has 1 amide bonds. The second-order valence-corrected chi connectivity index (χ2v) is 6.51. The van der Waals surface area contributed by atoms with Crippen LogP contribution in [-0.2, 0) is 11.3 Å². The summed E-state index contributed by atoms with van der Waals surface area (Å²) in [6, 6.07) is 3.29. The van der Waals surface area contributed by atoms with Crippen LogP contribution in [0.15, 0.2) is 18.2 Å². The summed E-state index contributed by atoms with van der Waals surface area (Å²) in [5.74, 6) is -1.84. The number of hydrogen-bond acceptors (Lipinski definition) is 4. The van der Waals surface area contributed by atoms with E-state index in [-0.39, 0.29) is 12.5 Å². The van der Waals surface area contributed by atoms with Crippen molar-refractivity contribution in [3.63, 3.8) is 0 Å². The Morgan fingerprint density at radius 1 is 1.48 bits per heavy atom. The highest BCUT2D eigenvalue weighted by Gasteiger charge is 2.44. The molecule has 0 fully saturated rings. The predicted octanol–water partition coefficient (Wildman–Crippen LogP) is 0.594. The van der Waals surface area contributed by atoms with Crippen LogP contribution in [0.5, 0.6) is 0 Å². The molecular formula is C14H20BFN2O3. The van der Waals surface area contributed by atoms with Crippen molar-refractivity contribution in [3.05, 3.63) is 35.1 Å². The summed E-state index contributed by atoms with van der Waals surface area (Å²) in [5.41, 5.74) is 6.63. The van der Waals surface area contributed by atoms with Crippen molar-refractivity contribution < 1.29 is 19.2 Å². The molecule has 0 saturated carbocycles. The maximum absolute atomic E-state index is 13.4. The van der Waals surface area contributed by atoms with Gasteiger partial charge in [0.25, 0.3) is 0 Å². The molecule has 0 saturated heterocycles. The highest BCUT2D eigenvalue weighted by atomic mass is 19.1. The van der Waals surface area contributed by atoms with E-state index in [0.29, 0.717) is 11.1 Å². The van der Waals surface area contributed by atoms with Gasteiger partial charge in [0, 0.05) is 6.54 Å². The van der Waals surface area contributed by atoms with Gasteiger partial charge in [0.15, 0.2) is 0 Å². The van der Waals surface area contributed by atoms with Gasteiger partial charge in [-0.15, -0.1) is 0 Å². The third-order valence-electron chi connectivity index (χ3n) is 3.87. The number of rotatable bonds is 2. The minimum Gasteiger partial charge on any atom is -0.426 e. The van der Waals surface area contributed by atoms with Crippen LogP contribution in [0.4, 0.5) is 4.39 Å². The molecule has 21 heavy (non-hydrogen) atoms. The number of nitrogens with zero attached hydrogens (tertiary/aromatic N) is 1. The van der Waals surface area contributed by atoms with Crippen LogP contribution in [0.3, 0.4) is 0 Å². The molecule has 4 N–H and O–H groups in total. The Labute approximate surface area is 123 Å². The number of amides is 1. The molecule has 0 spiro atoms. The fourth-order valence-electron chi connectivity index (χ4n) is 2.52. The number of halogens is 1. The molecule has 0 aromatic heterocycles. The van der Waals surface area contributed by atoms with Gasteiger partial charge in [-0.2, -0.15) is 0 Å². The lowest BCUT2D eigenvalue weighted by Crippen LogP contribution is -2.51. The maximum Gasteiger partial charge on any atom is 0.480 e. The fourth-order valence-corrected chi connectivity index (χ4v) is 2.52. The van der Waals surface area contributed by atoms with E-state index >= 15 is 0 Å². The smallest absolute Gasteiger partial charge is 0.426 e. The van der Waals surface area contributed by atoms with E-state index in [1.165, 1.54) is 17.0 Å². The van der Waals surface area contributed by atoms with E-state index < -0.39 is 30.3 Å². The van der Waals surface area contributed by atoms with Gasteiger partial charge >= 0.3 is 7.12 Å². The second kappa shape index (κ2) is 5.40. The first-order chi connectivity index (χ1) is 9.62. The van der Waals surface area contributed by atoms with Crippen LogP contribution in [-0.4, -0.2) is 34.0 Å². The van der Waals surface area contributed by atoms with Crippen LogP contribution < -0.4 is 5.73 Å². The Bertz CT molecular complexity index is 560. The number of benzene rings is 1. The summed E-state index contributed by atoms with van der Waals surface area (Å²) in [6.45, 7) is 5.70. The van der Waals surface area contributed by atoms with Gasteiger partial charge < -0.3 is 20.7 Å². The van der Waals surface area contributed by atoms with Crippen molar-refractivity contribution in [1.29, 1.82) is 0 Å². The Hall–Kier alpha value is -1.44. The number of carbonyl (C=O) groups excluding carboxylic acids is 1. The minimum atomic E-state index is -1.79. The first-order valence-corrected chi connectivity index (χ1v) is 6.83. The molecule has 1 aliphatic rings. The Morgan fingerprint density at radius 3 is 2.62 bits per heavy atom. The summed E-state index contributed by atoms with van der Waals surface area (Å²) < 4.78 is 13.4. The molecule has 7 heteroatoms. The van der Waals surface area contributed by atoms with Crippen molar-refractivity contribution in [3.8, 4) is 0 Å². The van der Waals surface area contributed by atoms with Crippen molar-refractivity contribution >= 4 is 13.0 Å². The summed E-state index contributed by atoms with van der Waals surface area (Å²) in [6.07, 6.45) is 0. The van der Waals surface area contributed by atoms with E-state index in [2.05, 4.69) is 0 Å². The molecule has 1 unspecified atom stereocenters. The zero-order valence-electron chi connectivity index (χ0n) is 12.4. The third-order valence-corrected chi connectivity index (χ3v) is 3.87. The SMILES string of the molecule is CC(C)(C)[C@H](N)C(=O)N1Cc2ccc(F)cc2C1B(O)O. The lowest BCUT2D eigenvalue weighted by Gasteiger charge is -2.33. The lowest BCUT2D eigenvalue weighted by molar-refractivity contribution is -0.136. The van der Waals surface area contributed by atoms with Crippen molar-refractivity contribution in [2.24, 2.45) is 11.1 Å². The fraction of sp³-hybridized carbons (Fsp3) is 0.500. The van der Waals surface area contributed by atoms with Gasteiger partial charge in [0.05, 0.1) is 12.0 Å². The molecule has 114 valence electrons. The van der Waals surface area contributed by atoms with Crippen LogP contribution in [0.1, 0.15) is 37.8 Å². The topological polar surface area (TPSA) is 86.8 Å². The van der Waals surface area contributed by atoms with Crippen LogP contribution >= 0.6 is 0 Å². The first-order valence-electron chi connectivity index (χ1n) is 6.83. The number of carbonyl (C=O) groups is 1. The number of nitrogens with two attached hydrogens (primary N) is 1. The Balaban J connectivity index is 2.36. The van der Waals surface area contributed by atoms with Crippen LogP contribution in [0.25, 0.3) is 0 Å². The van der Waals surface area contributed by atoms with E-state index in [1.807, 2.05) is 20.8 Å². The van der Waals surface area contributed by atoms with Crippen LogP contribution in [0, 0.1) is 11.2 Å². The molecular weight excluding hydrogens is 274 g/mol. The standard InChI is InChI=1S/C14H20BFN2O3/c1-14(2,3)11(17)13(19)18-7-8-4-5-9(16)6-10(8)12(18)15(20)21/h4-6,11-12,20-21H,7,17H2,1-3H3/t11-,12?/m1/s1. The predicted molar refractivity (Wildman–Crippen MR) is 77.3 cm³/mol. The molecule has 1 heterocycles. The average molecular weight is 294 g/mol. The lowest BCUT2D eigenvalue weighted by atomic mass is 9.74. The molecule has 0 radical (unpaired) electrons. The number of fused-ring (bicyclic) bond motifs is 1. The van der Waals surface area contributed by atoms with Crippen molar-refractivity contribution in [1.82, 2.24) is 4.90 Å². The van der Waals surface area contributed by atoms with Crippen LogP contribution in [0.2, 0.25) is 0 Å². The highest BCUT2D eigenvalue weighted by Crippen LogP contribution is 2.36. The molecule has 0 aliphatic carbocycles. The Kier molecular flexibility index (Phi) is 4.10. The molecule has 1 aromatic carbocycles. The molecule has 0 bridgehead atoms. The molecule has 5 nitrogen and oxygen atoms in total. The van der Waals surface area contributed by atoms with Crippen molar-refractivity contribution in [2.45, 2.75) is 39.3 Å². The van der Waals surface area contributed by atoms with E-state index in [1.54, 1.807) is 6.07 Å². The van der Waals surface area contributed by atoms with Gasteiger partial charge in [-0.25, -0.2) is 4.39 Å². The normalized spacial score (nSPS) is 19.4. The largest absolute Gasteiger partial charge is 0.480 e. The minimum absolute atomic E-state index is 0.195. The zero-order valence-corrected chi connectivity index (χ0v) is 12.4. The molecule has 1 aromatic rings. The summed E-state index contributed by atoms with van der Waals surface area (Å²) in [7, 11) is -1.79. The monoisotopic (exact) mass is 294 g/mol. The number of hydrogen-bond donors (Lipinski definition) is 3. The zero-order chi connectivity index (χ0) is 15.9. The molecule has 1 aliphatic heterocycles. The third kappa shape index (κ3) is 2.95. The maximum atomic E-state index is 13.4. The molecule has 2 rings (SSSR count). The van der Waals surface area contributed by atoms with Gasteiger partial charge in [-0.05, 0) is 28.7 Å². The Morgan fingerprint density at radius 2 is 2.10 bits per heavy atom. The van der Waals surface area contributed by atoms with E-state index in [0.717, 1.165) is 0 Å². The van der Waals surface area contributed by atoms with Crippen molar-refractivity contribution in [2.75, 3.05) is 0 Å². The van der Waals surface area contributed by atoms with E-state index in [9.17, 15) is 19.2 Å². The first kappa shape index (κ1) is 15.9. The van der Waals surface area contributed by atoms with Gasteiger partial charge in [-0.1, -0.05) is 26.8 Å². The summed E-state index contributed by atoms with van der Waals surface area (Å²) in [4.78, 5) is 13.9. The summed E-state index contributed by atoms with van der Waals surface area (Å²) in [5, 5.41) is 19.2. The second-order valence-electron chi connectivity index (χ2n) is 6.51. The highest BCUT2D eigenvalue weighted by molar-refractivity contribution is 6.43. The van der Waals surface area contributed by atoms with Gasteiger partial charge in [-0.3, -0.25) is 4.79 Å². The van der Waals surface area contributed by atoms with Gasteiger partial charge in [0.1, 0.15) is 5.82 Å². The quantitative estimate of drug-likeness (QED) is 0.697. The van der Waals surface area contributed by atoms with E-state index in [4.69, 9.17) is 5.73 Å². The summed E-state index contributed by atoms with van der Waals surface area (Å²) >= 11 is 0.